The molecule has 1 aromatic heterocycles. The summed E-state index contributed by atoms with van der Waals surface area (Å²) in [5.74, 6) is -0.208. The Morgan fingerprint density at radius 2 is 1.86 bits per heavy atom. The molecule has 0 fully saturated rings. The Morgan fingerprint density at radius 1 is 1.05 bits per heavy atom. The first-order chi connectivity index (χ1) is 10.8. The molecule has 0 bridgehead atoms. The van der Waals surface area contributed by atoms with E-state index >= 15 is 0 Å². The van der Waals surface area contributed by atoms with Gasteiger partial charge in [0.1, 0.15) is 0 Å². The topological polar surface area (TPSA) is 62.2 Å². The van der Waals surface area contributed by atoms with E-state index in [9.17, 15) is 9.90 Å². The molecule has 0 aliphatic rings. The van der Waals surface area contributed by atoms with Crippen molar-refractivity contribution < 1.29 is 9.90 Å². The molecular formula is C18H16N2O2. The van der Waals surface area contributed by atoms with Gasteiger partial charge in [-0.2, -0.15) is 0 Å². The lowest BCUT2D eigenvalue weighted by atomic mass is 10.0. The van der Waals surface area contributed by atoms with E-state index in [0.29, 0.717) is 23.2 Å². The number of rotatable bonds is 4. The number of hydrogen-bond acceptors (Lipinski definition) is 3. The fraction of sp³-hybridized carbons (Fsp3) is 0.111. The van der Waals surface area contributed by atoms with Crippen LogP contribution in [0, 0.1) is 0 Å². The molecule has 0 unspecified atom stereocenters. The number of benzene rings is 2. The van der Waals surface area contributed by atoms with Crippen molar-refractivity contribution in [1.82, 2.24) is 10.3 Å². The Balaban J connectivity index is 1.87. The Labute approximate surface area is 128 Å². The van der Waals surface area contributed by atoms with Gasteiger partial charge in [0.25, 0.3) is 5.91 Å². The van der Waals surface area contributed by atoms with Crippen molar-refractivity contribution in [3.63, 3.8) is 0 Å². The van der Waals surface area contributed by atoms with Crippen LogP contribution in [-0.2, 0) is 13.2 Å². The molecular weight excluding hydrogens is 276 g/mol. The van der Waals surface area contributed by atoms with Crippen molar-refractivity contribution >= 4 is 16.8 Å². The summed E-state index contributed by atoms with van der Waals surface area (Å²) < 4.78 is 0. The molecule has 0 spiro atoms. The van der Waals surface area contributed by atoms with Crippen LogP contribution in [0.4, 0.5) is 0 Å². The van der Waals surface area contributed by atoms with Gasteiger partial charge in [-0.1, -0.05) is 42.5 Å². The van der Waals surface area contributed by atoms with E-state index in [1.165, 1.54) is 0 Å². The molecule has 1 amide bonds. The molecule has 4 nitrogen and oxygen atoms in total. The maximum absolute atomic E-state index is 12.4. The van der Waals surface area contributed by atoms with E-state index < -0.39 is 0 Å². The zero-order chi connectivity index (χ0) is 15.4. The maximum atomic E-state index is 12.4. The van der Waals surface area contributed by atoms with Crippen LogP contribution >= 0.6 is 0 Å². The molecule has 0 atom stereocenters. The maximum Gasteiger partial charge on any atom is 0.251 e. The number of nitrogens with zero attached hydrogens (tertiary/aromatic N) is 1. The normalized spacial score (nSPS) is 10.6. The number of amides is 1. The fourth-order valence-electron chi connectivity index (χ4n) is 2.45. The predicted octanol–water partition coefficient (Wildman–Crippen LogP) is 2.66. The van der Waals surface area contributed by atoms with Gasteiger partial charge in [-0.3, -0.25) is 9.78 Å². The third-order valence-electron chi connectivity index (χ3n) is 3.58. The number of pyridine rings is 1. The lowest BCUT2D eigenvalue weighted by Gasteiger charge is -2.11. The summed E-state index contributed by atoms with van der Waals surface area (Å²) in [5.41, 5.74) is 2.71. The van der Waals surface area contributed by atoms with E-state index in [1.54, 1.807) is 12.3 Å². The lowest BCUT2D eigenvalue weighted by molar-refractivity contribution is 0.0948. The molecule has 4 heteroatoms. The monoisotopic (exact) mass is 292 g/mol. The first-order valence-electron chi connectivity index (χ1n) is 7.09. The highest BCUT2D eigenvalue weighted by Crippen LogP contribution is 2.20. The number of fused-ring (bicyclic) bond motifs is 1. The summed E-state index contributed by atoms with van der Waals surface area (Å²) in [4.78, 5) is 16.7. The van der Waals surface area contributed by atoms with Crippen LogP contribution in [0.15, 0.2) is 60.8 Å². The molecule has 3 rings (SSSR count). The highest BCUT2D eigenvalue weighted by Gasteiger charge is 2.14. The Hall–Kier alpha value is -2.72. The van der Waals surface area contributed by atoms with Gasteiger partial charge in [-0.05, 0) is 17.7 Å². The second-order valence-electron chi connectivity index (χ2n) is 4.99. The largest absolute Gasteiger partial charge is 0.392 e. The molecule has 2 aromatic carbocycles. The third-order valence-corrected chi connectivity index (χ3v) is 3.58. The minimum absolute atomic E-state index is 0.208. The number of nitrogens with one attached hydrogen (secondary N) is 1. The molecule has 22 heavy (non-hydrogen) atoms. The third kappa shape index (κ3) is 2.82. The van der Waals surface area contributed by atoms with Crippen LogP contribution in [0.2, 0.25) is 0 Å². The van der Waals surface area contributed by atoms with E-state index in [-0.39, 0.29) is 12.5 Å². The van der Waals surface area contributed by atoms with Crippen LogP contribution in [0.5, 0.6) is 0 Å². The summed E-state index contributed by atoms with van der Waals surface area (Å²) >= 11 is 0. The van der Waals surface area contributed by atoms with Crippen molar-refractivity contribution in [2.24, 2.45) is 0 Å². The van der Waals surface area contributed by atoms with Crippen LogP contribution in [0.3, 0.4) is 0 Å². The summed E-state index contributed by atoms with van der Waals surface area (Å²) in [6.45, 7) is 0.229. The Kier molecular flexibility index (Phi) is 4.12. The number of hydrogen-bond donors (Lipinski definition) is 2. The van der Waals surface area contributed by atoms with E-state index in [1.807, 2.05) is 48.5 Å². The van der Waals surface area contributed by atoms with Crippen LogP contribution < -0.4 is 5.32 Å². The molecule has 1 heterocycles. The average molecular weight is 292 g/mol. The average Bonchev–Trinajstić information content (AvgIpc) is 2.59. The minimum Gasteiger partial charge on any atom is -0.392 e. The van der Waals surface area contributed by atoms with Gasteiger partial charge in [-0.25, -0.2) is 0 Å². The van der Waals surface area contributed by atoms with Gasteiger partial charge < -0.3 is 10.4 Å². The van der Waals surface area contributed by atoms with Gasteiger partial charge in [0, 0.05) is 29.3 Å². The molecule has 0 aliphatic heterocycles. The highest BCUT2D eigenvalue weighted by molar-refractivity contribution is 6.00. The first kappa shape index (κ1) is 14.2. The lowest BCUT2D eigenvalue weighted by Crippen LogP contribution is -2.24. The first-order valence-corrected chi connectivity index (χ1v) is 7.09. The summed E-state index contributed by atoms with van der Waals surface area (Å²) in [5, 5.41) is 13.4. The number of carbonyl (C=O) groups is 1. The summed E-state index contributed by atoms with van der Waals surface area (Å²) in [6, 6.07) is 17.0. The molecule has 2 N–H and O–H groups in total. The Bertz CT molecular complexity index is 801. The summed E-state index contributed by atoms with van der Waals surface area (Å²) in [6.07, 6.45) is 1.66. The van der Waals surface area contributed by atoms with E-state index in [0.717, 1.165) is 10.9 Å². The second kappa shape index (κ2) is 6.37. The molecule has 0 saturated heterocycles. The molecule has 0 aliphatic carbocycles. The molecule has 110 valence electrons. The highest BCUT2D eigenvalue weighted by atomic mass is 16.3. The minimum atomic E-state index is -0.220. The molecule has 3 aromatic rings. The standard InChI is InChI=1S/C18H16N2O2/c21-12-16-15(9-8-14-7-4-10-19-17(14)16)18(22)20-11-13-5-2-1-3-6-13/h1-10,21H,11-12H2,(H,20,22). The number of aliphatic hydroxyl groups is 1. The SMILES string of the molecule is O=C(NCc1ccccc1)c1ccc2cccnc2c1CO. The van der Waals surface area contributed by atoms with Crippen LogP contribution in [-0.4, -0.2) is 16.0 Å². The zero-order valence-electron chi connectivity index (χ0n) is 12.0. The number of aliphatic hydroxyl groups excluding tert-OH is 1. The van der Waals surface area contributed by atoms with Crippen molar-refractivity contribution in [1.29, 1.82) is 0 Å². The fourth-order valence-corrected chi connectivity index (χ4v) is 2.45. The zero-order valence-corrected chi connectivity index (χ0v) is 12.0. The van der Waals surface area contributed by atoms with Crippen molar-refractivity contribution in [3.05, 3.63) is 77.5 Å². The van der Waals surface area contributed by atoms with Crippen molar-refractivity contribution in [2.45, 2.75) is 13.2 Å². The smallest absolute Gasteiger partial charge is 0.251 e. The van der Waals surface area contributed by atoms with Gasteiger partial charge in [0.15, 0.2) is 0 Å². The van der Waals surface area contributed by atoms with Crippen molar-refractivity contribution in [3.8, 4) is 0 Å². The van der Waals surface area contributed by atoms with Crippen LogP contribution in [0.1, 0.15) is 21.5 Å². The van der Waals surface area contributed by atoms with Gasteiger partial charge in [0.05, 0.1) is 12.1 Å². The van der Waals surface area contributed by atoms with Gasteiger partial charge in [0.2, 0.25) is 0 Å². The quantitative estimate of drug-likeness (QED) is 0.777. The van der Waals surface area contributed by atoms with E-state index in [4.69, 9.17) is 0 Å². The van der Waals surface area contributed by atoms with E-state index in [2.05, 4.69) is 10.3 Å². The summed E-state index contributed by atoms with van der Waals surface area (Å²) in [7, 11) is 0. The molecule has 0 saturated carbocycles. The number of carbonyl (C=O) groups excluding carboxylic acids is 1. The predicted molar refractivity (Wildman–Crippen MR) is 85.3 cm³/mol. The second-order valence-corrected chi connectivity index (χ2v) is 4.99. The number of aromatic nitrogens is 1. The van der Waals surface area contributed by atoms with Crippen LogP contribution in [0.25, 0.3) is 10.9 Å². The Morgan fingerprint density at radius 3 is 2.64 bits per heavy atom. The van der Waals surface area contributed by atoms with Gasteiger partial charge >= 0.3 is 0 Å². The molecule has 0 radical (unpaired) electrons. The van der Waals surface area contributed by atoms with Gasteiger partial charge in [-0.15, -0.1) is 0 Å². The van der Waals surface area contributed by atoms with Crippen molar-refractivity contribution in [2.75, 3.05) is 0 Å².